The number of hydrogen-bond acceptors (Lipinski definition) is 2. The number of allylic oxidation sites excluding steroid dienone is 3. The normalized spacial score (nSPS) is 13.4. The highest BCUT2D eigenvalue weighted by Gasteiger charge is 2.10. The van der Waals surface area contributed by atoms with E-state index in [4.69, 9.17) is 5.73 Å². The Morgan fingerprint density at radius 1 is 1.14 bits per heavy atom. The minimum atomic E-state index is 0.173. The van der Waals surface area contributed by atoms with Gasteiger partial charge < -0.3 is 11.1 Å². The van der Waals surface area contributed by atoms with E-state index in [9.17, 15) is 0 Å². The first-order chi connectivity index (χ1) is 13.3. The highest BCUT2D eigenvalue weighted by molar-refractivity contribution is 5.68. The molecule has 0 fully saturated rings. The van der Waals surface area contributed by atoms with Crippen molar-refractivity contribution in [3.8, 4) is 0 Å². The van der Waals surface area contributed by atoms with Crippen molar-refractivity contribution >= 4 is 11.3 Å². The van der Waals surface area contributed by atoms with Crippen LogP contribution in [0, 0.1) is 13.8 Å². The van der Waals surface area contributed by atoms with Crippen molar-refractivity contribution in [1.82, 2.24) is 5.32 Å². The Hall–Kier alpha value is -2.58. The molecule has 2 rings (SSSR count). The lowest BCUT2D eigenvalue weighted by Gasteiger charge is -2.20. The summed E-state index contributed by atoms with van der Waals surface area (Å²) in [4.78, 5) is 0. The van der Waals surface area contributed by atoms with Crippen molar-refractivity contribution in [1.29, 1.82) is 0 Å². The third kappa shape index (κ3) is 5.71. The second kappa shape index (κ2) is 10.1. The number of nitrogens with two attached hydrogens (primary N) is 1. The van der Waals surface area contributed by atoms with E-state index in [1.54, 1.807) is 0 Å². The van der Waals surface area contributed by atoms with E-state index < -0.39 is 0 Å². The lowest BCUT2D eigenvalue weighted by Crippen LogP contribution is -2.17. The summed E-state index contributed by atoms with van der Waals surface area (Å²) in [6, 6.07) is 15.4. The minimum absolute atomic E-state index is 0.173. The van der Waals surface area contributed by atoms with Gasteiger partial charge >= 0.3 is 0 Å². The lowest BCUT2D eigenvalue weighted by atomic mass is 9.97. The molecule has 1 atom stereocenters. The van der Waals surface area contributed by atoms with Crippen molar-refractivity contribution in [3.63, 3.8) is 0 Å². The van der Waals surface area contributed by atoms with Crippen LogP contribution in [0.1, 0.15) is 61.1 Å². The molecule has 0 aromatic heterocycles. The fourth-order valence-corrected chi connectivity index (χ4v) is 3.22. The van der Waals surface area contributed by atoms with Gasteiger partial charge in [0.15, 0.2) is 0 Å². The van der Waals surface area contributed by atoms with Gasteiger partial charge in [-0.05, 0) is 68.5 Å². The Balaban J connectivity index is 2.22. The average molecular weight is 375 g/mol. The molecule has 0 amide bonds. The molecule has 1 unspecified atom stereocenters. The molecule has 0 aliphatic heterocycles. The molecular weight excluding hydrogens is 340 g/mol. The van der Waals surface area contributed by atoms with Crippen LogP contribution in [-0.4, -0.2) is 6.54 Å². The molecule has 0 aliphatic carbocycles. The van der Waals surface area contributed by atoms with Gasteiger partial charge in [-0.3, -0.25) is 0 Å². The summed E-state index contributed by atoms with van der Waals surface area (Å²) in [5.74, 6) is 0. The van der Waals surface area contributed by atoms with E-state index in [1.165, 1.54) is 39.0 Å². The first kappa shape index (κ1) is 21.7. The predicted molar refractivity (Wildman–Crippen MR) is 124 cm³/mol. The molecule has 0 heterocycles. The summed E-state index contributed by atoms with van der Waals surface area (Å²) < 4.78 is 0. The van der Waals surface area contributed by atoms with Crippen LogP contribution in [0.4, 0.5) is 0 Å². The summed E-state index contributed by atoms with van der Waals surface area (Å²) >= 11 is 0. The summed E-state index contributed by atoms with van der Waals surface area (Å²) in [6.07, 6.45) is 5.29. The van der Waals surface area contributed by atoms with Crippen LogP contribution in [0.3, 0.4) is 0 Å². The maximum Gasteiger partial charge on any atom is 0.0485 e. The van der Waals surface area contributed by atoms with E-state index in [0.717, 1.165) is 12.1 Å². The molecule has 2 aromatic carbocycles. The molecule has 2 nitrogen and oxygen atoms in total. The zero-order valence-electron chi connectivity index (χ0n) is 18.0. The molecule has 0 radical (unpaired) electrons. The first-order valence-corrected chi connectivity index (χ1v) is 10.1. The van der Waals surface area contributed by atoms with Gasteiger partial charge in [-0.25, -0.2) is 0 Å². The van der Waals surface area contributed by atoms with Crippen LogP contribution in [0.15, 0.2) is 66.8 Å². The Bertz CT molecular complexity index is 887. The lowest BCUT2D eigenvalue weighted by molar-refractivity contribution is 0.701. The molecule has 148 valence electrons. The van der Waals surface area contributed by atoms with Crippen molar-refractivity contribution in [2.75, 3.05) is 6.54 Å². The van der Waals surface area contributed by atoms with Gasteiger partial charge in [-0.2, -0.15) is 0 Å². The van der Waals surface area contributed by atoms with Gasteiger partial charge in [-0.1, -0.05) is 67.1 Å². The standard InChI is InChI=1S/C26H34N2/c1-7-23(14-12-19(3)17-27)25-10-8-9-24(16-25)21(5)28-22(6)26-15-18(2)11-13-20(26)4/h8-16,21,28H,6-7,17,27H2,1-5H3/b19-12+,23-14+. The summed E-state index contributed by atoms with van der Waals surface area (Å²) in [7, 11) is 0. The molecule has 28 heavy (non-hydrogen) atoms. The van der Waals surface area contributed by atoms with Gasteiger partial charge in [0.05, 0.1) is 0 Å². The molecule has 2 aromatic rings. The number of rotatable bonds is 8. The maximum absolute atomic E-state index is 5.70. The Morgan fingerprint density at radius 3 is 2.57 bits per heavy atom. The fraction of sp³-hybridized carbons (Fsp3) is 0.308. The van der Waals surface area contributed by atoms with E-state index in [0.29, 0.717) is 6.54 Å². The molecular formula is C26H34N2. The Labute approximate surface area is 170 Å². The molecule has 0 spiro atoms. The first-order valence-electron chi connectivity index (χ1n) is 10.1. The van der Waals surface area contributed by atoms with E-state index in [-0.39, 0.29) is 6.04 Å². The number of benzene rings is 2. The van der Waals surface area contributed by atoms with Crippen LogP contribution in [0.25, 0.3) is 11.3 Å². The smallest absolute Gasteiger partial charge is 0.0485 e. The third-order valence-electron chi connectivity index (χ3n) is 5.14. The molecule has 0 aliphatic rings. The third-order valence-corrected chi connectivity index (χ3v) is 5.14. The topological polar surface area (TPSA) is 38.0 Å². The minimum Gasteiger partial charge on any atom is -0.379 e. The molecule has 3 N–H and O–H groups in total. The van der Waals surface area contributed by atoms with Crippen LogP contribution < -0.4 is 11.1 Å². The van der Waals surface area contributed by atoms with Gasteiger partial charge in [0, 0.05) is 23.8 Å². The summed E-state index contributed by atoms with van der Waals surface area (Å²) in [5, 5.41) is 3.58. The average Bonchev–Trinajstić information content (AvgIpc) is 2.70. The van der Waals surface area contributed by atoms with Crippen LogP contribution in [-0.2, 0) is 0 Å². The van der Waals surface area contributed by atoms with Gasteiger partial charge in [0.2, 0.25) is 0 Å². The highest BCUT2D eigenvalue weighted by Crippen LogP contribution is 2.25. The largest absolute Gasteiger partial charge is 0.379 e. The number of aryl methyl sites for hydroxylation is 2. The molecule has 2 heteroatoms. The monoisotopic (exact) mass is 374 g/mol. The van der Waals surface area contributed by atoms with Gasteiger partial charge in [-0.15, -0.1) is 0 Å². The van der Waals surface area contributed by atoms with Gasteiger partial charge in [0.25, 0.3) is 0 Å². The van der Waals surface area contributed by atoms with Gasteiger partial charge in [0.1, 0.15) is 0 Å². The number of nitrogens with one attached hydrogen (secondary N) is 1. The van der Waals surface area contributed by atoms with Crippen molar-refractivity contribution in [2.45, 2.75) is 47.1 Å². The van der Waals surface area contributed by atoms with Crippen molar-refractivity contribution in [3.05, 3.63) is 94.6 Å². The summed E-state index contributed by atoms with van der Waals surface area (Å²) in [5.41, 5.74) is 15.3. The second-order valence-electron chi connectivity index (χ2n) is 7.55. The van der Waals surface area contributed by atoms with E-state index >= 15 is 0 Å². The number of hydrogen-bond donors (Lipinski definition) is 2. The zero-order valence-corrected chi connectivity index (χ0v) is 18.0. The van der Waals surface area contributed by atoms with Crippen LogP contribution in [0.5, 0.6) is 0 Å². The fourth-order valence-electron chi connectivity index (χ4n) is 3.22. The van der Waals surface area contributed by atoms with E-state index in [2.05, 4.69) is 101 Å². The predicted octanol–water partition coefficient (Wildman–Crippen LogP) is 6.32. The zero-order chi connectivity index (χ0) is 20.7. The molecule has 0 saturated carbocycles. The maximum atomic E-state index is 5.70. The highest BCUT2D eigenvalue weighted by atomic mass is 14.9. The van der Waals surface area contributed by atoms with E-state index in [1.807, 2.05) is 0 Å². The quantitative estimate of drug-likeness (QED) is 0.530. The van der Waals surface area contributed by atoms with Crippen LogP contribution in [0.2, 0.25) is 0 Å². The SMILES string of the molecule is C=C(NC(C)c1cccc(/C(=C/C=C(\C)CN)CC)c1)c1cc(C)ccc1C. The summed E-state index contributed by atoms with van der Waals surface area (Å²) in [6.45, 7) is 15.5. The van der Waals surface area contributed by atoms with Crippen molar-refractivity contribution in [2.24, 2.45) is 5.73 Å². The van der Waals surface area contributed by atoms with Crippen molar-refractivity contribution < 1.29 is 0 Å². The molecule has 0 bridgehead atoms. The Kier molecular flexibility index (Phi) is 7.83. The second-order valence-corrected chi connectivity index (χ2v) is 7.55. The van der Waals surface area contributed by atoms with Crippen LogP contribution >= 0.6 is 0 Å². The molecule has 0 saturated heterocycles. The Morgan fingerprint density at radius 2 is 1.89 bits per heavy atom.